The minimum atomic E-state index is 0.295. The fourth-order valence-electron chi connectivity index (χ4n) is 2.99. The molecule has 0 radical (unpaired) electrons. The van der Waals surface area contributed by atoms with Crippen LogP contribution in [0.2, 0.25) is 0 Å². The monoisotopic (exact) mass is 233 g/mol. The van der Waals surface area contributed by atoms with Crippen molar-refractivity contribution in [3.8, 4) is 5.75 Å². The van der Waals surface area contributed by atoms with E-state index in [9.17, 15) is 0 Å². The van der Waals surface area contributed by atoms with E-state index in [1.165, 1.54) is 18.4 Å². The largest absolute Gasteiger partial charge is 0.497 e. The average Bonchev–Trinajstić information content (AvgIpc) is 2.88. The molecule has 2 atom stereocenters. The maximum Gasteiger partial charge on any atom is 0.119 e. The summed E-state index contributed by atoms with van der Waals surface area (Å²) in [6, 6.07) is 8.59. The number of nitrogens with one attached hydrogen (secondary N) is 1. The van der Waals surface area contributed by atoms with Gasteiger partial charge in [0.25, 0.3) is 0 Å². The van der Waals surface area contributed by atoms with E-state index in [4.69, 9.17) is 4.74 Å². The van der Waals surface area contributed by atoms with Crippen molar-refractivity contribution in [3.05, 3.63) is 29.8 Å². The molecule has 1 heterocycles. The molecule has 0 aromatic heterocycles. The Morgan fingerprint density at radius 2 is 2.29 bits per heavy atom. The number of hydrogen-bond donors (Lipinski definition) is 1. The lowest BCUT2D eigenvalue weighted by atomic mass is 9.69. The first-order valence-electron chi connectivity index (χ1n) is 6.58. The Morgan fingerprint density at radius 3 is 2.88 bits per heavy atom. The SMILES string of the molecule is CC[C@@H](C)[C@@]1(c2cccc(OC)c2)CCNC1. The normalized spacial score (nSPS) is 25.8. The number of ether oxygens (including phenoxy) is 1. The molecule has 2 rings (SSSR count). The first-order chi connectivity index (χ1) is 8.23. The lowest BCUT2D eigenvalue weighted by Gasteiger charge is -2.35. The van der Waals surface area contributed by atoms with Gasteiger partial charge in [-0.3, -0.25) is 0 Å². The fraction of sp³-hybridized carbons (Fsp3) is 0.600. The molecule has 2 nitrogen and oxygen atoms in total. The van der Waals surface area contributed by atoms with Crippen LogP contribution in [0.5, 0.6) is 5.75 Å². The van der Waals surface area contributed by atoms with E-state index >= 15 is 0 Å². The maximum absolute atomic E-state index is 5.35. The molecular weight excluding hydrogens is 210 g/mol. The number of benzene rings is 1. The van der Waals surface area contributed by atoms with Gasteiger partial charge in [-0.25, -0.2) is 0 Å². The molecule has 1 aromatic rings. The summed E-state index contributed by atoms with van der Waals surface area (Å²) in [5.74, 6) is 1.67. The van der Waals surface area contributed by atoms with Crippen molar-refractivity contribution in [1.29, 1.82) is 0 Å². The predicted molar refractivity (Wildman–Crippen MR) is 71.6 cm³/mol. The molecule has 1 aliphatic heterocycles. The summed E-state index contributed by atoms with van der Waals surface area (Å²) in [4.78, 5) is 0. The average molecular weight is 233 g/mol. The van der Waals surface area contributed by atoms with Gasteiger partial charge in [0.05, 0.1) is 7.11 Å². The third-order valence-electron chi connectivity index (χ3n) is 4.39. The Labute approximate surface area is 104 Å². The van der Waals surface area contributed by atoms with E-state index in [0.29, 0.717) is 11.3 Å². The van der Waals surface area contributed by atoms with E-state index in [-0.39, 0.29) is 0 Å². The lowest BCUT2D eigenvalue weighted by Crippen LogP contribution is -2.35. The van der Waals surface area contributed by atoms with Crippen LogP contribution < -0.4 is 10.1 Å². The van der Waals surface area contributed by atoms with Gasteiger partial charge in [-0.1, -0.05) is 32.4 Å². The Morgan fingerprint density at radius 1 is 1.47 bits per heavy atom. The molecule has 1 N–H and O–H groups in total. The van der Waals surface area contributed by atoms with Crippen LogP contribution in [0.3, 0.4) is 0 Å². The summed E-state index contributed by atoms with van der Waals surface area (Å²) < 4.78 is 5.35. The van der Waals surface area contributed by atoms with Crippen molar-refractivity contribution in [2.75, 3.05) is 20.2 Å². The van der Waals surface area contributed by atoms with Crippen LogP contribution >= 0.6 is 0 Å². The van der Waals surface area contributed by atoms with E-state index in [1.54, 1.807) is 7.11 Å². The molecule has 2 heteroatoms. The van der Waals surface area contributed by atoms with Crippen LogP contribution in [0.4, 0.5) is 0 Å². The summed E-state index contributed by atoms with van der Waals surface area (Å²) >= 11 is 0. The summed E-state index contributed by atoms with van der Waals surface area (Å²) in [7, 11) is 1.74. The molecule has 1 saturated heterocycles. The zero-order valence-electron chi connectivity index (χ0n) is 11.1. The topological polar surface area (TPSA) is 21.3 Å². The minimum Gasteiger partial charge on any atom is -0.497 e. The zero-order valence-corrected chi connectivity index (χ0v) is 11.1. The second-order valence-corrected chi connectivity index (χ2v) is 5.12. The molecule has 1 fully saturated rings. The molecule has 0 bridgehead atoms. The standard InChI is InChI=1S/C15H23NO/c1-4-12(2)15(8-9-16-11-15)13-6-5-7-14(10-13)17-3/h5-7,10,12,16H,4,8-9,11H2,1-3H3/t12-,15-/m1/s1. The van der Waals surface area contributed by atoms with Crippen molar-refractivity contribution in [2.24, 2.45) is 5.92 Å². The number of hydrogen-bond acceptors (Lipinski definition) is 2. The van der Waals surface area contributed by atoms with Gasteiger partial charge >= 0.3 is 0 Å². The van der Waals surface area contributed by atoms with E-state index in [2.05, 4.69) is 37.4 Å². The fourth-order valence-corrected chi connectivity index (χ4v) is 2.99. The summed E-state index contributed by atoms with van der Waals surface area (Å²) in [6.45, 7) is 6.87. The van der Waals surface area contributed by atoms with Gasteiger partial charge in [0.2, 0.25) is 0 Å². The molecular formula is C15H23NO. The first kappa shape index (κ1) is 12.4. The highest BCUT2D eigenvalue weighted by Gasteiger charge is 2.39. The number of methoxy groups -OCH3 is 1. The predicted octanol–water partition coefficient (Wildman–Crippen LogP) is 2.97. The second-order valence-electron chi connectivity index (χ2n) is 5.12. The van der Waals surface area contributed by atoms with Crippen LogP contribution in [0.25, 0.3) is 0 Å². The van der Waals surface area contributed by atoms with Crippen LogP contribution in [-0.4, -0.2) is 20.2 Å². The Kier molecular flexibility index (Phi) is 3.72. The van der Waals surface area contributed by atoms with Crippen molar-refractivity contribution < 1.29 is 4.74 Å². The van der Waals surface area contributed by atoms with Gasteiger partial charge in [-0.15, -0.1) is 0 Å². The van der Waals surface area contributed by atoms with Crippen LogP contribution in [0.1, 0.15) is 32.3 Å². The van der Waals surface area contributed by atoms with Crippen molar-refractivity contribution in [1.82, 2.24) is 5.32 Å². The van der Waals surface area contributed by atoms with Crippen molar-refractivity contribution in [2.45, 2.75) is 32.1 Å². The molecule has 94 valence electrons. The molecule has 0 spiro atoms. The van der Waals surface area contributed by atoms with Gasteiger partial charge < -0.3 is 10.1 Å². The molecule has 0 saturated carbocycles. The number of rotatable bonds is 4. The van der Waals surface area contributed by atoms with Crippen LogP contribution in [0, 0.1) is 5.92 Å². The zero-order chi connectivity index (χ0) is 12.3. The van der Waals surface area contributed by atoms with E-state index < -0.39 is 0 Å². The summed E-state index contributed by atoms with van der Waals surface area (Å²) in [5, 5.41) is 3.52. The summed E-state index contributed by atoms with van der Waals surface area (Å²) in [6.07, 6.45) is 2.45. The smallest absolute Gasteiger partial charge is 0.119 e. The third kappa shape index (κ3) is 2.19. The van der Waals surface area contributed by atoms with E-state index in [0.717, 1.165) is 18.8 Å². The molecule has 0 unspecified atom stereocenters. The second kappa shape index (κ2) is 5.09. The molecule has 0 aliphatic carbocycles. The molecule has 1 aromatic carbocycles. The molecule has 1 aliphatic rings. The van der Waals surface area contributed by atoms with Gasteiger partial charge in [0, 0.05) is 12.0 Å². The Bertz CT molecular complexity index is 369. The van der Waals surface area contributed by atoms with Gasteiger partial charge in [-0.05, 0) is 36.6 Å². The third-order valence-corrected chi connectivity index (χ3v) is 4.39. The highest BCUT2D eigenvalue weighted by Crippen LogP contribution is 2.40. The van der Waals surface area contributed by atoms with Crippen molar-refractivity contribution in [3.63, 3.8) is 0 Å². The quantitative estimate of drug-likeness (QED) is 0.863. The highest BCUT2D eigenvalue weighted by molar-refractivity contribution is 5.35. The van der Waals surface area contributed by atoms with Crippen LogP contribution in [-0.2, 0) is 5.41 Å². The molecule has 17 heavy (non-hydrogen) atoms. The lowest BCUT2D eigenvalue weighted by molar-refractivity contribution is 0.302. The van der Waals surface area contributed by atoms with E-state index in [1.807, 2.05) is 6.07 Å². The van der Waals surface area contributed by atoms with Crippen LogP contribution in [0.15, 0.2) is 24.3 Å². The Balaban J connectivity index is 2.38. The summed E-state index contributed by atoms with van der Waals surface area (Å²) in [5.41, 5.74) is 1.72. The Hall–Kier alpha value is -1.02. The maximum atomic E-state index is 5.35. The highest BCUT2D eigenvalue weighted by atomic mass is 16.5. The van der Waals surface area contributed by atoms with Crippen molar-refractivity contribution >= 4 is 0 Å². The minimum absolute atomic E-state index is 0.295. The molecule has 0 amide bonds. The van der Waals surface area contributed by atoms with Gasteiger partial charge in [0.1, 0.15) is 5.75 Å². The first-order valence-corrected chi connectivity index (χ1v) is 6.58. The van der Waals surface area contributed by atoms with Gasteiger partial charge in [0.15, 0.2) is 0 Å². The van der Waals surface area contributed by atoms with Gasteiger partial charge in [-0.2, -0.15) is 0 Å².